The third-order valence-electron chi connectivity index (χ3n) is 3.88. The van der Waals surface area contributed by atoms with Crippen molar-refractivity contribution in [1.82, 2.24) is 4.98 Å². The van der Waals surface area contributed by atoms with Crippen LogP contribution in [-0.4, -0.2) is 37.3 Å². The molecular weight excluding hydrogens is 410 g/mol. The van der Waals surface area contributed by atoms with Crippen LogP contribution in [0.4, 0.5) is 11.5 Å². The average molecular weight is 423 g/mol. The number of anilines is 2. The van der Waals surface area contributed by atoms with E-state index in [2.05, 4.69) is 10.3 Å². The van der Waals surface area contributed by atoms with E-state index in [-0.39, 0.29) is 39.9 Å². The summed E-state index contributed by atoms with van der Waals surface area (Å²) in [5, 5.41) is 1.80. The molecule has 0 unspecified atom stereocenters. The minimum Gasteiger partial charge on any atom is -0.384 e. The summed E-state index contributed by atoms with van der Waals surface area (Å²) in [6.45, 7) is 0. The van der Waals surface area contributed by atoms with Crippen LogP contribution in [-0.2, 0) is 25.0 Å². The Labute approximate surface area is 159 Å². The second-order valence-electron chi connectivity index (χ2n) is 5.64. The molecule has 0 saturated carbocycles. The molecule has 0 atom stereocenters. The highest BCUT2D eigenvalue weighted by atomic mass is 32.2. The van der Waals surface area contributed by atoms with Gasteiger partial charge in [0.25, 0.3) is 20.2 Å². The van der Waals surface area contributed by atoms with E-state index < -0.39 is 30.0 Å². The zero-order chi connectivity index (χ0) is 20.7. The minimum atomic E-state index is -4.82. The van der Waals surface area contributed by atoms with Crippen LogP contribution in [0.3, 0.4) is 0 Å². The van der Waals surface area contributed by atoms with Crippen LogP contribution in [0.5, 0.6) is 0 Å². The van der Waals surface area contributed by atoms with Crippen LogP contribution in [0.25, 0.3) is 22.0 Å². The Morgan fingerprint density at radius 3 is 2.18 bits per heavy atom. The first-order valence-corrected chi connectivity index (χ1v) is 10.4. The second kappa shape index (κ2) is 6.83. The molecule has 10 nitrogen and oxygen atoms in total. The summed E-state index contributed by atoms with van der Waals surface area (Å²) >= 11 is 0. The molecule has 2 aromatic carbocycles. The van der Waals surface area contributed by atoms with Gasteiger partial charge < -0.3 is 11.1 Å². The Kier molecular flexibility index (Phi) is 4.81. The molecule has 146 valence electrons. The maximum absolute atomic E-state index is 11.9. The van der Waals surface area contributed by atoms with E-state index in [9.17, 15) is 30.7 Å². The van der Waals surface area contributed by atoms with Gasteiger partial charge in [-0.25, -0.2) is 4.98 Å². The maximum atomic E-state index is 11.9. The summed E-state index contributed by atoms with van der Waals surface area (Å²) < 4.78 is 66.8. The molecule has 1 amide bonds. The Morgan fingerprint density at radius 2 is 1.61 bits per heavy atom. The van der Waals surface area contributed by atoms with E-state index in [1.54, 1.807) is 0 Å². The molecule has 28 heavy (non-hydrogen) atoms. The van der Waals surface area contributed by atoms with Gasteiger partial charge in [0.15, 0.2) is 0 Å². The van der Waals surface area contributed by atoms with Crippen molar-refractivity contribution in [3.05, 3.63) is 42.5 Å². The number of hydrogen-bond acceptors (Lipinski definition) is 7. The zero-order valence-corrected chi connectivity index (χ0v) is 15.5. The lowest BCUT2D eigenvalue weighted by Gasteiger charge is -2.17. The topological polar surface area (TPSA) is 177 Å². The van der Waals surface area contributed by atoms with Gasteiger partial charge >= 0.3 is 0 Å². The van der Waals surface area contributed by atoms with E-state index in [0.29, 0.717) is 0 Å². The molecule has 0 bridgehead atoms. The van der Waals surface area contributed by atoms with Gasteiger partial charge in [-0.05, 0) is 24.3 Å². The van der Waals surface area contributed by atoms with Crippen LogP contribution in [0.1, 0.15) is 0 Å². The third kappa shape index (κ3) is 3.53. The van der Waals surface area contributed by atoms with Crippen molar-refractivity contribution in [2.24, 2.45) is 0 Å². The molecule has 0 radical (unpaired) electrons. The van der Waals surface area contributed by atoms with Gasteiger partial charge in [-0.3, -0.25) is 13.9 Å². The third-order valence-corrected chi connectivity index (χ3v) is 5.67. The van der Waals surface area contributed by atoms with E-state index in [1.165, 1.54) is 30.3 Å². The highest BCUT2D eigenvalue weighted by Crippen LogP contribution is 2.41. The molecule has 1 heterocycles. The van der Waals surface area contributed by atoms with Crippen molar-refractivity contribution < 1.29 is 30.7 Å². The fraction of sp³-hybridized carbons (Fsp3) is 0. The standard InChI is InChI=1S/C16H13N3O7S2/c17-14-6-2-4-10(19-14)16-11(18-8-20)7-13(28(24,25)26)9-3-1-5-12(15(9)16)27(21,22)23/h1-8H,(H2,17,19)(H,18,20)(H,21,22,23)(H,24,25,26). The number of benzene rings is 2. The number of fused-ring (bicyclic) bond motifs is 1. The maximum Gasteiger partial charge on any atom is 0.295 e. The first kappa shape index (κ1) is 19.7. The monoisotopic (exact) mass is 423 g/mol. The fourth-order valence-electron chi connectivity index (χ4n) is 2.87. The number of rotatable bonds is 5. The number of nitrogens with one attached hydrogen (secondary N) is 1. The molecule has 0 aliphatic carbocycles. The highest BCUT2D eigenvalue weighted by molar-refractivity contribution is 7.86. The lowest BCUT2D eigenvalue weighted by atomic mass is 9.99. The number of hydrogen-bond donors (Lipinski definition) is 4. The smallest absolute Gasteiger partial charge is 0.295 e. The summed E-state index contributed by atoms with van der Waals surface area (Å²) in [5.41, 5.74) is 5.62. The number of pyridine rings is 1. The predicted molar refractivity (Wildman–Crippen MR) is 101 cm³/mol. The van der Waals surface area contributed by atoms with Gasteiger partial charge in [-0.2, -0.15) is 16.8 Å². The van der Waals surface area contributed by atoms with E-state index in [0.717, 1.165) is 12.1 Å². The molecule has 1 aromatic heterocycles. The van der Waals surface area contributed by atoms with E-state index in [1.807, 2.05) is 0 Å². The normalized spacial score (nSPS) is 12.1. The molecular formula is C16H13N3O7S2. The van der Waals surface area contributed by atoms with Crippen molar-refractivity contribution in [3.63, 3.8) is 0 Å². The van der Waals surface area contributed by atoms with Crippen molar-refractivity contribution >= 4 is 48.9 Å². The van der Waals surface area contributed by atoms with Crippen molar-refractivity contribution in [2.75, 3.05) is 11.1 Å². The summed E-state index contributed by atoms with van der Waals surface area (Å²) in [7, 11) is -9.63. The first-order valence-electron chi connectivity index (χ1n) is 7.52. The van der Waals surface area contributed by atoms with Gasteiger partial charge in [0.1, 0.15) is 15.6 Å². The first-order chi connectivity index (χ1) is 13.0. The van der Waals surface area contributed by atoms with Gasteiger partial charge in [-0.15, -0.1) is 0 Å². The van der Waals surface area contributed by atoms with Gasteiger partial charge in [0.2, 0.25) is 6.41 Å². The summed E-state index contributed by atoms with van der Waals surface area (Å²) in [5.74, 6) is 0.0749. The second-order valence-corrected chi connectivity index (χ2v) is 8.42. The summed E-state index contributed by atoms with van der Waals surface area (Å²) in [6, 6.07) is 8.88. The Hall–Kier alpha value is -3.06. The predicted octanol–water partition coefficient (Wildman–Crippen LogP) is 1.55. The number of nitrogens with two attached hydrogens (primary N) is 1. The molecule has 3 rings (SSSR count). The average Bonchev–Trinajstić information content (AvgIpc) is 2.59. The molecule has 0 spiro atoms. The van der Waals surface area contributed by atoms with Crippen LogP contribution in [0.15, 0.2) is 52.3 Å². The molecule has 0 fully saturated rings. The molecule has 0 saturated heterocycles. The quantitative estimate of drug-likeness (QED) is 0.350. The molecule has 12 heteroatoms. The van der Waals surface area contributed by atoms with Gasteiger partial charge in [0.05, 0.1) is 11.4 Å². The number of amides is 1. The van der Waals surface area contributed by atoms with Crippen LogP contribution < -0.4 is 11.1 Å². The van der Waals surface area contributed by atoms with Crippen LogP contribution in [0.2, 0.25) is 0 Å². The van der Waals surface area contributed by atoms with Gasteiger partial charge in [0, 0.05) is 16.3 Å². The number of carbonyl (C=O) groups excluding carboxylic acids is 1. The molecule has 3 aromatic rings. The number of aromatic nitrogens is 1. The fourth-order valence-corrected chi connectivity index (χ4v) is 4.31. The Morgan fingerprint density at radius 1 is 0.964 bits per heavy atom. The Bertz CT molecular complexity index is 1320. The largest absolute Gasteiger partial charge is 0.384 e. The van der Waals surface area contributed by atoms with Crippen LogP contribution >= 0.6 is 0 Å². The number of nitrogens with zero attached hydrogens (tertiary/aromatic N) is 1. The SMILES string of the molecule is Nc1cccc(-c2c(NC=O)cc(S(=O)(=O)O)c3cccc(S(=O)(=O)O)c23)n1. The van der Waals surface area contributed by atoms with Crippen molar-refractivity contribution in [2.45, 2.75) is 9.79 Å². The van der Waals surface area contributed by atoms with E-state index >= 15 is 0 Å². The molecule has 0 aliphatic heterocycles. The van der Waals surface area contributed by atoms with Crippen molar-refractivity contribution in [1.29, 1.82) is 0 Å². The highest BCUT2D eigenvalue weighted by Gasteiger charge is 2.26. The lowest BCUT2D eigenvalue weighted by molar-refractivity contribution is -0.105. The summed E-state index contributed by atoms with van der Waals surface area (Å²) in [4.78, 5) is 13.9. The number of carbonyl (C=O) groups is 1. The van der Waals surface area contributed by atoms with Crippen LogP contribution in [0, 0.1) is 0 Å². The molecule has 0 aliphatic rings. The van der Waals surface area contributed by atoms with E-state index in [4.69, 9.17) is 5.73 Å². The Balaban J connectivity index is 2.67. The van der Waals surface area contributed by atoms with Gasteiger partial charge in [-0.1, -0.05) is 18.2 Å². The van der Waals surface area contributed by atoms with Crippen molar-refractivity contribution in [3.8, 4) is 11.3 Å². The molecule has 5 N–H and O–H groups in total. The lowest BCUT2D eigenvalue weighted by Crippen LogP contribution is -2.08. The minimum absolute atomic E-state index is 0.00461. The number of nitrogen functional groups attached to an aromatic ring is 1. The summed E-state index contributed by atoms with van der Waals surface area (Å²) in [6.07, 6.45) is 0.237. The zero-order valence-electron chi connectivity index (χ0n) is 13.9.